The molecule has 6 heteroatoms. The minimum absolute atomic E-state index is 0.0305. The Hall–Kier alpha value is -0.970. The molecule has 0 unspecified atom stereocenters. The third-order valence-corrected chi connectivity index (χ3v) is 4.87. The number of amides is 2. The number of ether oxygens (including phenoxy) is 1. The maximum absolute atomic E-state index is 12.0. The minimum Gasteiger partial charge on any atom is -0.444 e. The first kappa shape index (κ1) is 17.4. The van der Waals surface area contributed by atoms with Gasteiger partial charge in [0.15, 0.2) is 0 Å². The molecule has 0 aromatic rings. The predicted molar refractivity (Wildman–Crippen MR) is 85.9 cm³/mol. The summed E-state index contributed by atoms with van der Waals surface area (Å²) < 4.78 is 5.42. The van der Waals surface area contributed by atoms with Crippen LogP contribution in [0.2, 0.25) is 0 Å². The Morgan fingerprint density at radius 2 is 1.86 bits per heavy atom. The molecule has 2 aliphatic rings. The van der Waals surface area contributed by atoms with Crippen molar-refractivity contribution in [3.8, 4) is 0 Å². The van der Waals surface area contributed by atoms with Gasteiger partial charge in [-0.05, 0) is 57.8 Å². The highest BCUT2D eigenvalue weighted by Crippen LogP contribution is 2.52. The molecule has 0 aromatic carbocycles. The Labute approximate surface area is 137 Å². The smallest absolute Gasteiger partial charge is 0.410 e. The van der Waals surface area contributed by atoms with Crippen molar-refractivity contribution in [3.63, 3.8) is 0 Å². The fourth-order valence-corrected chi connectivity index (χ4v) is 3.61. The number of carbonyl (C=O) groups excluding carboxylic acids is 2. The molecule has 1 spiro atoms. The zero-order valence-corrected chi connectivity index (χ0v) is 14.5. The topological polar surface area (TPSA) is 58.6 Å². The van der Waals surface area contributed by atoms with Gasteiger partial charge in [0.05, 0.1) is 0 Å². The molecule has 0 bridgehead atoms. The molecule has 1 saturated heterocycles. The molecule has 1 N–H and O–H groups in total. The first-order chi connectivity index (χ1) is 10.2. The van der Waals surface area contributed by atoms with E-state index in [1.54, 1.807) is 0 Å². The molecule has 126 valence electrons. The van der Waals surface area contributed by atoms with Crippen molar-refractivity contribution < 1.29 is 14.3 Å². The van der Waals surface area contributed by atoms with Crippen molar-refractivity contribution in [2.24, 2.45) is 11.3 Å². The number of nitrogens with zero attached hydrogens (tertiary/aromatic N) is 1. The van der Waals surface area contributed by atoms with Gasteiger partial charge in [-0.25, -0.2) is 4.79 Å². The molecule has 1 aliphatic heterocycles. The molecular weight excluding hydrogens is 304 g/mol. The summed E-state index contributed by atoms with van der Waals surface area (Å²) in [5, 5.41) is 2.85. The summed E-state index contributed by atoms with van der Waals surface area (Å²) in [6.07, 6.45) is 4.14. The fraction of sp³-hybridized carbons (Fsp3) is 0.875. The Morgan fingerprint density at radius 1 is 1.27 bits per heavy atom. The van der Waals surface area contributed by atoms with E-state index in [1.165, 1.54) is 0 Å². The van der Waals surface area contributed by atoms with Crippen LogP contribution in [0, 0.1) is 11.3 Å². The summed E-state index contributed by atoms with van der Waals surface area (Å²) in [6, 6.07) is 0. The number of rotatable bonds is 3. The monoisotopic (exact) mass is 330 g/mol. The van der Waals surface area contributed by atoms with E-state index in [9.17, 15) is 9.59 Å². The summed E-state index contributed by atoms with van der Waals surface area (Å²) >= 11 is 5.47. The van der Waals surface area contributed by atoms with E-state index in [1.807, 2.05) is 25.7 Å². The molecule has 2 fully saturated rings. The van der Waals surface area contributed by atoms with Crippen LogP contribution < -0.4 is 5.32 Å². The second-order valence-electron chi connectivity index (χ2n) is 7.68. The number of likely N-dealkylation sites (tertiary alicyclic amines) is 1. The average molecular weight is 331 g/mol. The molecule has 1 heterocycles. The van der Waals surface area contributed by atoms with E-state index in [0.29, 0.717) is 11.3 Å². The van der Waals surface area contributed by atoms with Crippen molar-refractivity contribution in [1.29, 1.82) is 0 Å². The maximum Gasteiger partial charge on any atom is 0.410 e. The molecule has 2 rings (SSSR count). The van der Waals surface area contributed by atoms with E-state index in [-0.39, 0.29) is 17.9 Å². The standard InChI is InChI=1S/C16H27ClN2O3/c1-15(2,3)22-14(21)19-6-4-16(5-7-19)8-12(9-16)11-18-13(20)10-17/h12H,4-11H2,1-3H3,(H,18,20). The zero-order valence-electron chi connectivity index (χ0n) is 13.8. The van der Waals surface area contributed by atoms with Crippen molar-refractivity contribution in [2.45, 2.75) is 52.1 Å². The van der Waals surface area contributed by atoms with Gasteiger partial charge in [0.2, 0.25) is 5.91 Å². The van der Waals surface area contributed by atoms with Gasteiger partial charge < -0.3 is 15.0 Å². The summed E-state index contributed by atoms with van der Waals surface area (Å²) in [4.78, 5) is 25.0. The van der Waals surface area contributed by atoms with Crippen LogP contribution in [0.1, 0.15) is 46.5 Å². The van der Waals surface area contributed by atoms with Gasteiger partial charge in [-0.3, -0.25) is 4.79 Å². The second kappa shape index (κ2) is 6.65. The van der Waals surface area contributed by atoms with Crippen LogP contribution in [0.25, 0.3) is 0 Å². The lowest BCUT2D eigenvalue weighted by Crippen LogP contribution is -2.51. The van der Waals surface area contributed by atoms with Crippen LogP contribution in [0.4, 0.5) is 4.79 Å². The Balaban J connectivity index is 1.70. The van der Waals surface area contributed by atoms with E-state index < -0.39 is 5.60 Å². The van der Waals surface area contributed by atoms with Crippen molar-refractivity contribution >= 4 is 23.6 Å². The van der Waals surface area contributed by atoms with Gasteiger partial charge in [0, 0.05) is 19.6 Å². The number of piperidine rings is 1. The highest BCUT2D eigenvalue weighted by molar-refractivity contribution is 6.27. The summed E-state index contributed by atoms with van der Waals surface area (Å²) in [7, 11) is 0. The van der Waals surface area contributed by atoms with Crippen molar-refractivity contribution in [3.05, 3.63) is 0 Å². The van der Waals surface area contributed by atoms with Gasteiger partial charge in [-0.1, -0.05) is 0 Å². The number of alkyl halides is 1. The molecule has 1 saturated carbocycles. The molecule has 2 amide bonds. The number of carbonyl (C=O) groups is 2. The largest absolute Gasteiger partial charge is 0.444 e. The lowest BCUT2D eigenvalue weighted by molar-refractivity contribution is -0.119. The first-order valence-electron chi connectivity index (χ1n) is 8.04. The van der Waals surface area contributed by atoms with Crippen LogP contribution in [0.3, 0.4) is 0 Å². The normalized spacial score (nSPS) is 21.4. The molecule has 0 atom stereocenters. The number of halogens is 1. The Morgan fingerprint density at radius 3 is 2.36 bits per heavy atom. The van der Waals surface area contributed by atoms with Crippen LogP contribution >= 0.6 is 11.6 Å². The van der Waals surface area contributed by atoms with Gasteiger partial charge >= 0.3 is 6.09 Å². The highest BCUT2D eigenvalue weighted by atomic mass is 35.5. The van der Waals surface area contributed by atoms with Crippen molar-refractivity contribution in [1.82, 2.24) is 10.2 Å². The molecule has 0 radical (unpaired) electrons. The fourth-order valence-electron chi connectivity index (χ4n) is 3.51. The molecular formula is C16H27ClN2O3. The van der Waals surface area contributed by atoms with Crippen LogP contribution in [0.5, 0.6) is 0 Å². The molecule has 5 nitrogen and oxygen atoms in total. The minimum atomic E-state index is -0.436. The predicted octanol–water partition coefficient (Wildman–Crippen LogP) is 2.77. The van der Waals surface area contributed by atoms with E-state index in [2.05, 4.69) is 5.32 Å². The number of hydrogen-bond acceptors (Lipinski definition) is 3. The third kappa shape index (κ3) is 4.51. The van der Waals surface area contributed by atoms with Crippen LogP contribution in [0.15, 0.2) is 0 Å². The molecule has 22 heavy (non-hydrogen) atoms. The van der Waals surface area contributed by atoms with Gasteiger partial charge in [-0.15, -0.1) is 11.6 Å². The lowest BCUT2D eigenvalue weighted by atomic mass is 9.57. The Kier molecular flexibility index (Phi) is 5.25. The quantitative estimate of drug-likeness (QED) is 0.809. The highest BCUT2D eigenvalue weighted by Gasteiger charge is 2.46. The van der Waals surface area contributed by atoms with E-state index >= 15 is 0 Å². The maximum atomic E-state index is 12.0. The lowest BCUT2D eigenvalue weighted by Gasteiger charge is -2.52. The third-order valence-electron chi connectivity index (χ3n) is 4.63. The van der Waals surface area contributed by atoms with Gasteiger partial charge in [0.25, 0.3) is 0 Å². The van der Waals surface area contributed by atoms with Gasteiger partial charge in [-0.2, -0.15) is 0 Å². The Bertz CT molecular complexity index is 418. The van der Waals surface area contributed by atoms with E-state index in [4.69, 9.17) is 16.3 Å². The molecule has 1 aliphatic carbocycles. The van der Waals surface area contributed by atoms with E-state index in [0.717, 1.165) is 45.3 Å². The van der Waals surface area contributed by atoms with Crippen molar-refractivity contribution in [2.75, 3.05) is 25.5 Å². The van der Waals surface area contributed by atoms with Gasteiger partial charge in [0.1, 0.15) is 11.5 Å². The van der Waals surface area contributed by atoms with Crippen LogP contribution in [-0.2, 0) is 9.53 Å². The summed E-state index contributed by atoms with van der Waals surface area (Å²) in [5.41, 5.74) is -0.0662. The molecule has 0 aromatic heterocycles. The summed E-state index contributed by atoms with van der Waals surface area (Å²) in [5.74, 6) is 0.491. The summed E-state index contributed by atoms with van der Waals surface area (Å²) in [6.45, 7) is 7.94. The average Bonchev–Trinajstić information content (AvgIpc) is 2.41. The van der Waals surface area contributed by atoms with Crippen LogP contribution in [-0.4, -0.2) is 48.0 Å². The first-order valence-corrected chi connectivity index (χ1v) is 8.57. The number of hydrogen-bond donors (Lipinski definition) is 1. The SMILES string of the molecule is CC(C)(C)OC(=O)N1CCC2(CC1)CC(CNC(=O)CCl)C2. The zero-order chi connectivity index (χ0) is 16.4. The second-order valence-corrected chi connectivity index (χ2v) is 7.95. The number of nitrogens with one attached hydrogen (secondary N) is 1.